The Balaban J connectivity index is 1.88. The van der Waals surface area contributed by atoms with E-state index in [9.17, 15) is 14.7 Å². The van der Waals surface area contributed by atoms with Gasteiger partial charge in [-0.15, -0.1) is 0 Å². The van der Waals surface area contributed by atoms with Gasteiger partial charge in [0.2, 0.25) is 0 Å². The number of hydrogen-bond acceptors (Lipinski definition) is 5. The number of ether oxygens (including phenoxy) is 2. The predicted octanol–water partition coefficient (Wildman–Crippen LogP) is 4.35. The zero-order chi connectivity index (χ0) is 20.1. The summed E-state index contributed by atoms with van der Waals surface area (Å²) in [5.41, 5.74) is 1.75. The molecule has 3 aromatic rings. The van der Waals surface area contributed by atoms with E-state index in [0.29, 0.717) is 16.9 Å². The third-order valence-electron chi connectivity index (χ3n) is 4.41. The Hall–Kier alpha value is -3.60. The van der Waals surface area contributed by atoms with Crippen molar-refractivity contribution in [2.45, 2.75) is 13.3 Å². The smallest absolute Gasteiger partial charge is 0.343 e. The van der Waals surface area contributed by atoms with Crippen molar-refractivity contribution in [3.63, 3.8) is 0 Å². The molecule has 5 heteroatoms. The van der Waals surface area contributed by atoms with E-state index >= 15 is 0 Å². The molecule has 0 saturated heterocycles. The molecular weight excluding hydrogens is 356 g/mol. The van der Waals surface area contributed by atoms with Crippen LogP contribution in [0.2, 0.25) is 0 Å². The minimum atomic E-state index is -0.590. The summed E-state index contributed by atoms with van der Waals surface area (Å²) in [7, 11) is 1.58. The summed E-state index contributed by atoms with van der Waals surface area (Å²) in [6, 6.07) is 18.6. The molecule has 5 nitrogen and oxygen atoms in total. The lowest BCUT2D eigenvalue weighted by Crippen LogP contribution is -2.13. The Kier molecular flexibility index (Phi) is 5.75. The van der Waals surface area contributed by atoms with Crippen LogP contribution in [0.15, 0.2) is 66.7 Å². The van der Waals surface area contributed by atoms with Crippen molar-refractivity contribution in [1.82, 2.24) is 0 Å². The summed E-state index contributed by atoms with van der Waals surface area (Å²) >= 11 is 0. The first-order valence-electron chi connectivity index (χ1n) is 8.75. The maximum absolute atomic E-state index is 12.9. The molecule has 0 heterocycles. The van der Waals surface area contributed by atoms with Crippen LogP contribution in [-0.2, 0) is 6.42 Å². The molecule has 0 aliphatic rings. The maximum atomic E-state index is 12.9. The second-order valence-corrected chi connectivity index (χ2v) is 6.29. The van der Waals surface area contributed by atoms with Crippen LogP contribution < -0.4 is 9.47 Å². The zero-order valence-electron chi connectivity index (χ0n) is 15.6. The highest BCUT2D eigenvalue weighted by atomic mass is 16.5. The van der Waals surface area contributed by atoms with Crippen LogP contribution in [0.1, 0.15) is 31.8 Å². The number of hydrogen-bond donors (Lipinski definition) is 1. The van der Waals surface area contributed by atoms with Crippen molar-refractivity contribution in [2.75, 3.05) is 7.11 Å². The van der Waals surface area contributed by atoms with Crippen molar-refractivity contribution in [2.24, 2.45) is 0 Å². The van der Waals surface area contributed by atoms with Gasteiger partial charge in [-0.1, -0.05) is 30.3 Å². The fraction of sp³-hybridized carbons (Fsp3) is 0.130. The van der Waals surface area contributed by atoms with Gasteiger partial charge < -0.3 is 14.6 Å². The summed E-state index contributed by atoms with van der Waals surface area (Å²) < 4.78 is 10.6. The molecule has 1 N–H and O–H groups in total. The van der Waals surface area contributed by atoms with E-state index in [1.165, 1.54) is 12.1 Å². The number of benzene rings is 3. The molecule has 0 saturated carbocycles. The van der Waals surface area contributed by atoms with E-state index < -0.39 is 5.97 Å². The van der Waals surface area contributed by atoms with Crippen LogP contribution in [0.5, 0.6) is 17.2 Å². The first kappa shape index (κ1) is 19.2. The van der Waals surface area contributed by atoms with Gasteiger partial charge in [0, 0.05) is 12.0 Å². The van der Waals surface area contributed by atoms with E-state index in [1.54, 1.807) is 68.6 Å². The molecule has 0 spiro atoms. The first-order valence-corrected chi connectivity index (χ1v) is 8.75. The minimum Gasteiger partial charge on any atom is -0.508 e. The number of ketones is 1. The summed E-state index contributed by atoms with van der Waals surface area (Å²) in [5.74, 6) is -0.0738. The van der Waals surface area contributed by atoms with Gasteiger partial charge >= 0.3 is 5.97 Å². The first-order chi connectivity index (χ1) is 13.5. The van der Waals surface area contributed by atoms with Gasteiger partial charge in [-0.25, -0.2) is 4.79 Å². The van der Waals surface area contributed by atoms with Crippen LogP contribution in [0.25, 0.3) is 0 Å². The molecule has 0 bridgehead atoms. The molecule has 28 heavy (non-hydrogen) atoms. The highest BCUT2D eigenvalue weighted by Gasteiger charge is 2.21. The quantitative estimate of drug-likeness (QED) is 0.393. The number of rotatable bonds is 6. The van der Waals surface area contributed by atoms with Crippen molar-refractivity contribution in [1.29, 1.82) is 0 Å². The summed E-state index contributed by atoms with van der Waals surface area (Å²) in [5, 5.41) is 10.0. The molecule has 0 aliphatic carbocycles. The van der Waals surface area contributed by atoms with Crippen LogP contribution in [-0.4, -0.2) is 24.0 Å². The number of aromatic hydroxyl groups is 1. The zero-order valence-corrected chi connectivity index (χ0v) is 15.6. The van der Waals surface area contributed by atoms with Gasteiger partial charge in [0.1, 0.15) is 17.2 Å². The molecule has 0 fully saturated rings. The number of phenols is 1. The van der Waals surface area contributed by atoms with E-state index in [2.05, 4.69) is 0 Å². The fourth-order valence-electron chi connectivity index (χ4n) is 2.78. The lowest BCUT2D eigenvalue weighted by atomic mass is 9.99. The lowest BCUT2D eigenvalue weighted by Gasteiger charge is -2.13. The van der Waals surface area contributed by atoms with E-state index in [4.69, 9.17) is 9.47 Å². The average Bonchev–Trinajstić information content (AvgIpc) is 2.72. The van der Waals surface area contributed by atoms with Gasteiger partial charge in [-0.05, 0) is 48.9 Å². The van der Waals surface area contributed by atoms with E-state index in [-0.39, 0.29) is 29.3 Å². The number of methoxy groups -OCH3 is 1. The Labute approximate surface area is 163 Å². The van der Waals surface area contributed by atoms with Crippen LogP contribution in [0.4, 0.5) is 0 Å². The van der Waals surface area contributed by atoms with Gasteiger partial charge in [0.05, 0.1) is 18.2 Å². The van der Waals surface area contributed by atoms with Crippen molar-refractivity contribution < 1.29 is 24.2 Å². The summed E-state index contributed by atoms with van der Waals surface area (Å²) in [6.07, 6.45) is 0.129. The molecular formula is C23H20O5. The second kappa shape index (κ2) is 8.39. The molecule has 0 amide bonds. The predicted molar refractivity (Wildman–Crippen MR) is 105 cm³/mol. The van der Waals surface area contributed by atoms with Crippen LogP contribution >= 0.6 is 0 Å². The van der Waals surface area contributed by atoms with E-state index in [0.717, 1.165) is 5.56 Å². The third-order valence-corrected chi connectivity index (χ3v) is 4.41. The lowest BCUT2D eigenvalue weighted by molar-refractivity contribution is 0.0731. The Morgan fingerprint density at radius 3 is 2.25 bits per heavy atom. The number of carbonyl (C=O) groups excluding carboxylic acids is 2. The molecule has 3 aromatic carbocycles. The standard InChI is InChI=1S/C23H20O5/c1-15-20(24)13-12-19(21(25)14-16-8-10-18(27-2)11-9-16)22(15)28-23(26)17-6-4-3-5-7-17/h3-13,24H,14H2,1-2H3. The number of phenolic OH excluding ortho intramolecular Hbond substituents is 1. The molecule has 0 aliphatic heterocycles. The Bertz CT molecular complexity index is 992. The van der Waals surface area contributed by atoms with Crippen molar-refractivity contribution >= 4 is 11.8 Å². The van der Waals surface area contributed by atoms with Crippen LogP contribution in [0.3, 0.4) is 0 Å². The van der Waals surface area contributed by atoms with E-state index in [1.807, 2.05) is 0 Å². The van der Waals surface area contributed by atoms with Gasteiger partial charge in [0.25, 0.3) is 0 Å². The largest absolute Gasteiger partial charge is 0.508 e. The maximum Gasteiger partial charge on any atom is 0.343 e. The van der Waals surface area contributed by atoms with Gasteiger partial charge in [-0.2, -0.15) is 0 Å². The molecule has 0 radical (unpaired) electrons. The highest BCUT2D eigenvalue weighted by Crippen LogP contribution is 2.32. The normalized spacial score (nSPS) is 10.4. The average molecular weight is 376 g/mol. The fourth-order valence-corrected chi connectivity index (χ4v) is 2.78. The van der Waals surface area contributed by atoms with Gasteiger partial charge in [-0.3, -0.25) is 4.79 Å². The molecule has 0 unspecified atom stereocenters. The molecule has 0 atom stereocenters. The Morgan fingerprint density at radius 2 is 1.61 bits per heavy atom. The molecule has 142 valence electrons. The number of Topliss-reactive ketones (excluding diaryl/α,β-unsaturated/α-hetero) is 1. The van der Waals surface area contributed by atoms with Crippen molar-refractivity contribution in [3.8, 4) is 17.2 Å². The highest BCUT2D eigenvalue weighted by molar-refractivity contribution is 6.02. The number of esters is 1. The van der Waals surface area contributed by atoms with Crippen LogP contribution in [0, 0.1) is 6.92 Å². The van der Waals surface area contributed by atoms with Crippen molar-refractivity contribution in [3.05, 3.63) is 89.0 Å². The topological polar surface area (TPSA) is 72.8 Å². The SMILES string of the molecule is COc1ccc(CC(=O)c2ccc(O)c(C)c2OC(=O)c2ccccc2)cc1. The Morgan fingerprint density at radius 1 is 0.929 bits per heavy atom. The number of carbonyl (C=O) groups is 2. The molecule has 3 rings (SSSR count). The van der Waals surface area contributed by atoms with Gasteiger partial charge in [0.15, 0.2) is 5.78 Å². The minimum absolute atomic E-state index is 0.0446. The molecule has 0 aromatic heterocycles. The second-order valence-electron chi connectivity index (χ2n) is 6.29. The monoisotopic (exact) mass is 376 g/mol. The third kappa shape index (κ3) is 4.20. The summed E-state index contributed by atoms with van der Waals surface area (Å²) in [6.45, 7) is 1.60. The summed E-state index contributed by atoms with van der Waals surface area (Å²) in [4.78, 5) is 25.3.